The van der Waals surface area contributed by atoms with Gasteiger partial charge in [-0.3, -0.25) is 9.78 Å². The van der Waals surface area contributed by atoms with Gasteiger partial charge in [0.15, 0.2) is 5.82 Å². The Balaban J connectivity index is 1.63. The van der Waals surface area contributed by atoms with Crippen LogP contribution in [0.5, 0.6) is 0 Å². The van der Waals surface area contributed by atoms with Crippen molar-refractivity contribution in [2.75, 3.05) is 11.9 Å². The summed E-state index contributed by atoms with van der Waals surface area (Å²) < 4.78 is 12.7. The van der Waals surface area contributed by atoms with Gasteiger partial charge >= 0.3 is 0 Å². The quantitative estimate of drug-likeness (QED) is 0.527. The minimum Gasteiger partial charge on any atom is -0.378 e. The fraction of sp³-hybridized carbons (Fsp3) is 0.333. The van der Waals surface area contributed by atoms with Gasteiger partial charge in [0, 0.05) is 29.1 Å². The monoisotopic (exact) mass is 425 g/mol. The largest absolute Gasteiger partial charge is 0.378 e. The van der Waals surface area contributed by atoms with E-state index in [4.69, 9.17) is 25.8 Å². The number of fused-ring (bicyclic) bond motifs is 3. The van der Waals surface area contributed by atoms with Crippen LogP contribution in [-0.4, -0.2) is 38.3 Å². The Kier molecular flexibility index (Phi) is 4.88. The molecule has 2 atom stereocenters. The molecule has 8 nitrogen and oxygen atoms in total. The maximum atomic E-state index is 12.7. The first kappa shape index (κ1) is 19.0. The molecule has 1 aliphatic heterocycles. The summed E-state index contributed by atoms with van der Waals surface area (Å²) in [5.74, 6) is 0.844. The Bertz CT molecular complexity index is 1220. The fourth-order valence-electron chi connectivity index (χ4n) is 4.13. The van der Waals surface area contributed by atoms with Crippen molar-refractivity contribution in [3.63, 3.8) is 0 Å². The van der Waals surface area contributed by atoms with E-state index in [0.717, 1.165) is 34.8 Å². The average molecular weight is 426 g/mol. The summed E-state index contributed by atoms with van der Waals surface area (Å²) in [6.45, 7) is 2.73. The Morgan fingerprint density at radius 3 is 3.03 bits per heavy atom. The van der Waals surface area contributed by atoms with Crippen molar-refractivity contribution in [3.05, 3.63) is 47.6 Å². The van der Waals surface area contributed by atoms with E-state index < -0.39 is 0 Å². The topological polar surface area (TPSA) is 95.1 Å². The molecule has 9 heteroatoms. The fourth-order valence-corrected chi connectivity index (χ4v) is 4.30. The number of hydrogen-bond acceptors (Lipinski definition) is 6. The number of halogens is 1. The number of carbonyl (C=O) groups excluding carboxylic acids is 1. The van der Waals surface area contributed by atoms with Gasteiger partial charge in [-0.15, -0.1) is 0 Å². The van der Waals surface area contributed by atoms with E-state index in [1.165, 1.54) is 6.26 Å². The van der Waals surface area contributed by atoms with E-state index in [0.29, 0.717) is 23.3 Å². The zero-order chi connectivity index (χ0) is 20.7. The van der Waals surface area contributed by atoms with Crippen LogP contribution >= 0.6 is 11.6 Å². The summed E-state index contributed by atoms with van der Waals surface area (Å²) in [6.07, 6.45) is 5.09. The number of aromatic nitrogens is 4. The maximum absolute atomic E-state index is 12.7. The molecule has 1 N–H and O–H groups in total. The highest BCUT2D eigenvalue weighted by Crippen LogP contribution is 2.34. The highest BCUT2D eigenvalue weighted by atomic mass is 35.5. The van der Waals surface area contributed by atoms with E-state index in [9.17, 15) is 4.79 Å². The van der Waals surface area contributed by atoms with Crippen LogP contribution in [0.1, 0.15) is 31.6 Å². The number of anilines is 1. The predicted molar refractivity (Wildman–Crippen MR) is 113 cm³/mol. The second-order valence-corrected chi connectivity index (χ2v) is 7.96. The Hall–Kier alpha value is -2.97. The van der Waals surface area contributed by atoms with Crippen molar-refractivity contribution in [1.82, 2.24) is 19.7 Å². The number of pyridine rings is 1. The zero-order valence-corrected chi connectivity index (χ0v) is 17.1. The minimum absolute atomic E-state index is 0.106. The third kappa shape index (κ3) is 3.53. The van der Waals surface area contributed by atoms with Crippen molar-refractivity contribution < 1.29 is 14.1 Å². The van der Waals surface area contributed by atoms with Crippen molar-refractivity contribution in [2.24, 2.45) is 0 Å². The number of imidazole rings is 1. The van der Waals surface area contributed by atoms with Gasteiger partial charge in [-0.2, -0.15) is 0 Å². The van der Waals surface area contributed by atoms with Gasteiger partial charge < -0.3 is 19.1 Å². The van der Waals surface area contributed by atoms with Crippen LogP contribution in [0.25, 0.3) is 21.9 Å². The lowest BCUT2D eigenvalue weighted by Gasteiger charge is -2.30. The van der Waals surface area contributed by atoms with E-state index in [1.807, 2.05) is 18.2 Å². The molecule has 0 radical (unpaired) electrons. The lowest BCUT2D eigenvalue weighted by Crippen LogP contribution is -2.27. The highest BCUT2D eigenvalue weighted by molar-refractivity contribution is 6.31. The molecule has 5 rings (SSSR count). The van der Waals surface area contributed by atoms with Crippen molar-refractivity contribution in [1.29, 1.82) is 0 Å². The molecule has 0 spiro atoms. The summed E-state index contributed by atoms with van der Waals surface area (Å²) in [6, 6.07) is 7.40. The molecular weight excluding hydrogens is 406 g/mol. The highest BCUT2D eigenvalue weighted by Gasteiger charge is 2.27. The van der Waals surface area contributed by atoms with Crippen molar-refractivity contribution in [2.45, 2.75) is 38.3 Å². The molecule has 1 aliphatic rings. The average Bonchev–Trinajstić information content (AvgIpc) is 3.35. The zero-order valence-electron chi connectivity index (χ0n) is 16.3. The predicted octanol–water partition coefficient (Wildman–Crippen LogP) is 4.15. The molecule has 1 amide bonds. The van der Waals surface area contributed by atoms with Crippen LogP contribution in [0, 0.1) is 0 Å². The molecule has 0 unspecified atom stereocenters. The Morgan fingerprint density at radius 2 is 2.23 bits per heavy atom. The molecular formula is C21H20ClN5O3. The first-order valence-corrected chi connectivity index (χ1v) is 10.2. The van der Waals surface area contributed by atoms with Gasteiger partial charge in [-0.25, -0.2) is 4.98 Å². The normalized spacial score (nSPS) is 19.4. The molecule has 1 saturated heterocycles. The first-order chi connectivity index (χ1) is 14.6. The molecule has 3 aromatic heterocycles. The number of carbonyl (C=O) groups is 1. The second-order valence-electron chi connectivity index (χ2n) is 7.52. The summed E-state index contributed by atoms with van der Waals surface area (Å²) in [5, 5.41) is 8.04. The van der Waals surface area contributed by atoms with Crippen LogP contribution in [0.2, 0.25) is 5.02 Å². The van der Waals surface area contributed by atoms with E-state index in [-0.39, 0.29) is 24.5 Å². The van der Waals surface area contributed by atoms with Crippen molar-refractivity contribution >= 4 is 45.3 Å². The lowest BCUT2D eigenvalue weighted by molar-refractivity contribution is -0.115. The van der Waals surface area contributed by atoms with Crippen LogP contribution < -0.4 is 5.32 Å². The summed E-state index contributed by atoms with van der Waals surface area (Å²) in [5.41, 5.74) is 2.53. The van der Waals surface area contributed by atoms with E-state index in [2.05, 4.69) is 26.9 Å². The maximum Gasteiger partial charge on any atom is 0.233 e. The van der Waals surface area contributed by atoms with Gasteiger partial charge in [-0.05, 0) is 38.0 Å². The summed E-state index contributed by atoms with van der Waals surface area (Å²) in [4.78, 5) is 22.0. The Morgan fingerprint density at radius 1 is 1.33 bits per heavy atom. The number of amides is 1. The van der Waals surface area contributed by atoms with Crippen LogP contribution in [0.15, 0.2) is 41.2 Å². The number of nitrogens with one attached hydrogen (secondary N) is 1. The minimum atomic E-state index is -0.212. The molecule has 0 bridgehead atoms. The SMILES string of the molecule is C[C@@H]1C[C@H](n2c(CC(=O)Nc3ccon3)nc3cnc4ccc(Cl)cc4c32)CCO1. The van der Waals surface area contributed by atoms with Crippen LogP contribution in [0.3, 0.4) is 0 Å². The van der Waals surface area contributed by atoms with Gasteiger partial charge in [0.05, 0.1) is 29.8 Å². The Labute approximate surface area is 177 Å². The summed E-state index contributed by atoms with van der Waals surface area (Å²) >= 11 is 6.29. The third-order valence-electron chi connectivity index (χ3n) is 5.40. The third-order valence-corrected chi connectivity index (χ3v) is 5.63. The molecule has 0 aliphatic carbocycles. The number of ether oxygens (including phenoxy) is 1. The van der Waals surface area contributed by atoms with Crippen molar-refractivity contribution in [3.8, 4) is 0 Å². The number of nitrogens with zero attached hydrogens (tertiary/aromatic N) is 4. The molecule has 4 heterocycles. The van der Waals surface area contributed by atoms with Gasteiger partial charge in [0.2, 0.25) is 5.91 Å². The molecule has 30 heavy (non-hydrogen) atoms. The first-order valence-electron chi connectivity index (χ1n) is 9.85. The van der Waals surface area contributed by atoms with Gasteiger partial charge in [-0.1, -0.05) is 16.8 Å². The van der Waals surface area contributed by atoms with Crippen LogP contribution in [-0.2, 0) is 16.0 Å². The molecule has 1 fully saturated rings. The smallest absolute Gasteiger partial charge is 0.233 e. The number of hydrogen-bond donors (Lipinski definition) is 1. The molecule has 1 aromatic carbocycles. The van der Waals surface area contributed by atoms with Crippen LogP contribution in [0.4, 0.5) is 5.82 Å². The number of benzene rings is 1. The molecule has 0 saturated carbocycles. The van der Waals surface area contributed by atoms with Gasteiger partial charge in [0.25, 0.3) is 0 Å². The summed E-state index contributed by atoms with van der Waals surface area (Å²) in [7, 11) is 0. The van der Waals surface area contributed by atoms with E-state index in [1.54, 1.807) is 12.3 Å². The molecule has 154 valence electrons. The molecule has 4 aromatic rings. The second kappa shape index (κ2) is 7.70. The standard InChI is InChI=1S/C21H20ClN5O3/c1-12-8-14(4-6-29-12)27-19(10-20(28)25-18-5-7-30-26-18)24-17-11-23-16-3-2-13(22)9-15(16)21(17)27/h2-3,5,7,9,11-12,14H,4,6,8,10H2,1H3,(H,25,26,28)/t12-,14-/m1/s1. The lowest BCUT2D eigenvalue weighted by atomic mass is 10.0. The van der Waals surface area contributed by atoms with Gasteiger partial charge in [0.1, 0.15) is 17.6 Å². The number of rotatable bonds is 4. The van der Waals surface area contributed by atoms with E-state index >= 15 is 0 Å².